The number of hydrogen-bond acceptors (Lipinski definition) is 4. The van der Waals surface area contributed by atoms with Crippen LogP contribution in [0.3, 0.4) is 0 Å². The summed E-state index contributed by atoms with van der Waals surface area (Å²) < 4.78 is 25.0. The van der Waals surface area contributed by atoms with E-state index < -0.39 is 11.6 Å². The Bertz CT molecular complexity index is 668. The van der Waals surface area contributed by atoms with E-state index in [4.69, 9.17) is 18.9 Å². The van der Waals surface area contributed by atoms with Crippen molar-refractivity contribution in [1.82, 2.24) is 0 Å². The van der Waals surface area contributed by atoms with E-state index in [1.165, 1.54) is 0 Å². The van der Waals surface area contributed by atoms with Crippen LogP contribution < -0.4 is 0 Å². The van der Waals surface area contributed by atoms with Crippen LogP contribution in [-0.4, -0.2) is 37.1 Å². The van der Waals surface area contributed by atoms with Gasteiger partial charge in [-0.2, -0.15) is 0 Å². The molecule has 0 N–H and O–H groups in total. The van der Waals surface area contributed by atoms with Gasteiger partial charge in [0.15, 0.2) is 0 Å². The van der Waals surface area contributed by atoms with Gasteiger partial charge in [0.25, 0.3) is 0 Å². The maximum Gasteiger partial charge on any atom is 0.204 e. The van der Waals surface area contributed by atoms with E-state index in [0.717, 1.165) is 11.1 Å². The molecule has 27 heavy (non-hydrogen) atoms. The Labute approximate surface area is 176 Å². The lowest BCUT2D eigenvalue weighted by Crippen LogP contribution is -2.58. The summed E-state index contributed by atoms with van der Waals surface area (Å²) in [7, 11) is 0. The molecule has 6 heteroatoms. The molecule has 2 fully saturated rings. The first kappa shape index (κ1) is 19.6. The second-order valence-corrected chi connectivity index (χ2v) is 8.28. The number of alkyl halides is 2. The van der Waals surface area contributed by atoms with Crippen molar-refractivity contribution in [3.05, 3.63) is 71.8 Å². The summed E-state index contributed by atoms with van der Waals surface area (Å²) in [5, 5.41) is 1.13. The smallest absolute Gasteiger partial charge is 0.204 e. The van der Waals surface area contributed by atoms with Crippen molar-refractivity contribution >= 4 is 31.9 Å². The molecule has 4 rings (SSSR count). The molecular formula is C21H22Br2O4. The summed E-state index contributed by atoms with van der Waals surface area (Å²) in [6, 6.07) is 20.1. The fourth-order valence-electron chi connectivity index (χ4n) is 3.44. The van der Waals surface area contributed by atoms with Gasteiger partial charge >= 0.3 is 0 Å². The van der Waals surface area contributed by atoms with Gasteiger partial charge in [-0.1, -0.05) is 92.5 Å². The van der Waals surface area contributed by atoms with E-state index in [0.29, 0.717) is 37.1 Å². The van der Waals surface area contributed by atoms with Crippen LogP contribution in [0.15, 0.2) is 60.7 Å². The van der Waals surface area contributed by atoms with Crippen molar-refractivity contribution in [1.29, 1.82) is 0 Å². The molecular weight excluding hydrogens is 476 g/mol. The zero-order chi connectivity index (χ0) is 18.8. The molecule has 1 spiro atoms. The molecule has 2 aromatic rings. The van der Waals surface area contributed by atoms with E-state index in [-0.39, 0.29) is 5.41 Å². The largest absolute Gasteiger partial charge is 0.344 e. The Morgan fingerprint density at radius 2 is 0.926 bits per heavy atom. The Morgan fingerprint density at radius 1 is 0.593 bits per heavy atom. The maximum atomic E-state index is 6.26. The number of rotatable bonds is 4. The first-order chi connectivity index (χ1) is 13.2. The van der Waals surface area contributed by atoms with Crippen molar-refractivity contribution in [2.75, 3.05) is 37.1 Å². The first-order valence-corrected chi connectivity index (χ1v) is 11.2. The minimum Gasteiger partial charge on any atom is -0.344 e. The van der Waals surface area contributed by atoms with Crippen LogP contribution in [0.5, 0.6) is 0 Å². The van der Waals surface area contributed by atoms with Gasteiger partial charge in [-0.05, 0) is 0 Å². The van der Waals surface area contributed by atoms with Gasteiger partial charge in [-0.3, -0.25) is 0 Å². The SMILES string of the molecule is BrCC1(c2ccccc2)OCC2(CO1)COC(CBr)(c1ccccc1)OC2. The van der Waals surface area contributed by atoms with Gasteiger partial charge in [-0.15, -0.1) is 0 Å². The highest BCUT2D eigenvalue weighted by Gasteiger charge is 2.51. The summed E-state index contributed by atoms with van der Waals surface area (Å²) in [5.74, 6) is -1.54. The summed E-state index contributed by atoms with van der Waals surface area (Å²) in [6.45, 7) is 2.06. The second-order valence-electron chi connectivity index (χ2n) is 7.16. The lowest BCUT2D eigenvalue weighted by Gasteiger charge is -2.50. The van der Waals surface area contributed by atoms with E-state index in [9.17, 15) is 0 Å². The van der Waals surface area contributed by atoms with Crippen molar-refractivity contribution in [3.8, 4) is 0 Å². The van der Waals surface area contributed by atoms with E-state index in [1.807, 2.05) is 60.7 Å². The Balaban J connectivity index is 1.47. The lowest BCUT2D eigenvalue weighted by atomic mass is 9.88. The standard InChI is InChI=1S/C21H22Br2O4/c22-11-20(17-7-3-1-4-8-17)24-13-19(14-25-20)15-26-21(12-23,27-16-19)18-9-5-2-6-10-18/h1-10H,11-16H2. The van der Waals surface area contributed by atoms with Crippen LogP contribution in [0.4, 0.5) is 0 Å². The average Bonchev–Trinajstić information content (AvgIpc) is 2.77. The summed E-state index contributed by atoms with van der Waals surface area (Å²) in [4.78, 5) is 0. The molecule has 0 unspecified atom stereocenters. The van der Waals surface area contributed by atoms with Crippen molar-refractivity contribution in [2.24, 2.45) is 5.41 Å². The minimum atomic E-state index is -0.768. The highest BCUT2D eigenvalue weighted by molar-refractivity contribution is 9.09. The molecule has 4 nitrogen and oxygen atoms in total. The van der Waals surface area contributed by atoms with E-state index >= 15 is 0 Å². The summed E-state index contributed by atoms with van der Waals surface area (Å²) in [6.07, 6.45) is 0. The molecule has 0 aromatic heterocycles. The molecule has 2 aromatic carbocycles. The number of halogens is 2. The monoisotopic (exact) mass is 496 g/mol. The van der Waals surface area contributed by atoms with Gasteiger partial charge in [0.1, 0.15) is 0 Å². The molecule has 0 saturated carbocycles. The molecule has 2 heterocycles. The second kappa shape index (κ2) is 7.93. The molecule has 2 aliphatic rings. The van der Waals surface area contributed by atoms with Crippen LogP contribution in [0.2, 0.25) is 0 Å². The molecule has 0 amide bonds. The van der Waals surface area contributed by atoms with Gasteiger partial charge in [0, 0.05) is 11.1 Å². The quantitative estimate of drug-likeness (QED) is 0.580. The summed E-state index contributed by atoms with van der Waals surface area (Å²) in [5.41, 5.74) is 1.71. The highest BCUT2D eigenvalue weighted by atomic mass is 79.9. The molecule has 0 atom stereocenters. The zero-order valence-corrected chi connectivity index (χ0v) is 18.1. The van der Waals surface area contributed by atoms with Gasteiger partial charge in [0.05, 0.1) is 42.5 Å². The van der Waals surface area contributed by atoms with Crippen LogP contribution in [0, 0.1) is 5.41 Å². The predicted octanol–water partition coefficient (Wildman–Crippen LogP) is 4.56. The normalized spacial score (nSPS) is 33.9. The van der Waals surface area contributed by atoms with Crippen molar-refractivity contribution in [2.45, 2.75) is 11.6 Å². The van der Waals surface area contributed by atoms with Crippen molar-refractivity contribution in [3.63, 3.8) is 0 Å². The molecule has 144 valence electrons. The molecule has 2 saturated heterocycles. The zero-order valence-electron chi connectivity index (χ0n) is 14.9. The highest BCUT2D eigenvalue weighted by Crippen LogP contribution is 2.44. The third kappa shape index (κ3) is 3.63. The summed E-state index contributed by atoms with van der Waals surface area (Å²) >= 11 is 7.12. The third-order valence-electron chi connectivity index (χ3n) is 5.23. The number of ether oxygens (including phenoxy) is 4. The van der Waals surface area contributed by atoms with E-state index in [2.05, 4.69) is 31.9 Å². The van der Waals surface area contributed by atoms with Crippen molar-refractivity contribution < 1.29 is 18.9 Å². The molecule has 0 bridgehead atoms. The first-order valence-electron chi connectivity index (χ1n) is 8.95. The van der Waals surface area contributed by atoms with Gasteiger partial charge < -0.3 is 18.9 Å². The van der Waals surface area contributed by atoms with E-state index in [1.54, 1.807) is 0 Å². The van der Waals surface area contributed by atoms with Crippen LogP contribution in [-0.2, 0) is 30.5 Å². The fourth-order valence-corrected chi connectivity index (χ4v) is 4.73. The van der Waals surface area contributed by atoms with Crippen LogP contribution in [0.1, 0.15) is 11.1 Å². The maximum absolute atomic E-state index is 6.26. The topological polar surface area (TPSA) is 36.9 Å². The van der Waals surface area contributed by atoms with Crippen LogP contribution in [0.25, 0.3) is 0 Å². The third-order valence-corrected chi connectivity index (χ3v) is 6.70. The van der Waals surface area contributed by atoms with Gasteiger partial charge in [-0.25, -0.2) is 0 Å². The van der Waals surface area contributed by atoms with Gasteiger partial charge in [0.2, 0.25) is 11.6 Å². The molecule has 0 radical (unpaired) electrons. The lowest BCUT2D eigenvalue weighted by molar-refractivity contribution is -0.365. The molecule has 0 aliphatic carbocycles. The van der Waals surface area contributed by atoms with Crippen LogP contribution >= 0.6 is 31.9 Å². The Hall–Kier alpha value is -0.760. The number of benzene rings is 2. The minimum absolute atomic E-state index is 0.305. The predicted molar refractivity (Wildman–Crippen MR) is 110 cm³/mol. The Morgan fingerprint density at radius 3 is 1.22 bits per heavy atom. The average molecular weight is 498 g/mol. The molecule has 2 aliphatic heterocycles. The Kier molecular flexibility index (Phi) is 5.74. The number of hydrogen-bond donors (Lipinski definition) is 0. The fraction of sp³-hybridized carbons (Fsp3) is 0.429.